The van der Waals surface area contributed by atoms with Crippen LogP contribution in [-0.4, -0.2) is 60.0 Å². The van der Waals surface area contributed by atoms with Crippen LogP contribution >= 0.6 is 11.3 Å². The minimum atomic E-state index is 0.137. The summed E-state index contributed by atoms with van der Waals surface area (Å²) in [6.07, 6.45) is 4.37. The summed E-state index contributed by atoms with van der Waals surface area (Å²) in [7, 11) is 0. The van der Waals surface area contributed by atoms with Crippen molar-refractivity contribution >= 4 is 23.2 Å². The van der Waals surface area contributed by atoms with Gasteiger partial charge in [0.25, 0.3) is 5.91 Å². The summed E-state index contributed by atoms with van der Waals surface area (Å²) >= 11 is 1.50. The molecule has 2 amide bonds. The Bertz CT molecular complexity index is 597. The summed E-state index contributed by atoms with van der Waals surface area (Å²) in [6, 6.07) is 4.22. The van der Waals surface area contributed by atoms with Crippen LogP contribution in [0.1, 0.15) is 41.8 Å². The van der Waals surface area contributed by atoms with Gasteiger partial charge in [-0.15, -0.1) is 11.3 Å². The number of carbonyl (C=O) groups excluding carboxylic acids is 2. The lowest BCUT2D eigenvalue weighted by Crippen LogP contribution is -2.54. The number of amides is 2. The molecular formula is C18H24N2O3S. The predicted octanol–water partition coefficient (Wildman–Crippen LogP) is 2.38. The number of thiophene rings is 1. The summed E-state index contributed by atoms with van der Waals surface area (Å²) in [6.45, 7) is 3.22. The number of hydrogen-bond donors (Lipinski definition) is 0. The second kappa shape index (κ2) is 6.84. The van der Waals surface area contributed by atoms with Gasteiger partial charge in [0, 0.05) is 32.7 Å². The van der Waals surface area contributed by atoms with Gasteiger partial charge in [-0.05, 0) is 43.0 Å². The maximum Gasteiger partial charge on any atom is 0.264 e. The summed E-state index contributed by atoms with van der Waals surface area (Å²) < 4.78 is 5.44. The van der Waals surface area contributed by atoms with E-state index >= 15 is 0 Å². The SMILES string of the molecule is O=C1CC[C@@H]2[C@@H](CCN2C(=O)c2cccs2)N1CC1CCOCC1. The molecule has 1 aromatic rings. The molecule has 3 aliphatic heterocycles. The van der Waals surface area contributed by atoms with Crippen molar-refractivity contribution in [3.8, 4) is 0 Å². The first-order chi connectivity index (χ1) is 11.7. The quantitative estimate of drug-likeness (QED) is 0.843. The highest BCUT2D eigenvalue weighted by Crippen LogP contribution is 2.34. The summed E-state index contributed by atoms with van der Waals surface area (Å²) in [5, 5.41) is 1.95. The molecule has 130 valence electrons. The fraction of sp³-hybridized carbons (Fsp3) is 0.667. The fourth-order valence-electron chi connectivity index (χ4n) is 4.39. The van der Waals surface area contributed by atoms with Gasteiger partial charge in [0.2, 0.25) is 5.91 Å². The molecule has 5 nitrogen and oxygen atoms in total. The van der Waals surface area contributed by atoms with Crippen LogP contribution in [0.15, 0.2) is 17.5 Å². The van der Waals surface area contributed by atoms with E-state index in [1.54, 1.807) is 0 Å². The average Bonchev–Trinajstić information content (AvgIpc) is 3.27. The van der Waals surface area contributed by atoms with E-state index < -0.39 is 0 Å². The highest BCUT2D eigenvalue weighted by atomic mass is 32.1. The number of fused-ring (bicyclic) bond motifs is 1. The molecule has 6 heteroatoms. The van der Waals surface area contributed by atoms with Crippen LogP contribution in [0.25, 0.3) is 0 Å². The van der Waals surface area contributed by atoms with Crippen molar-refractivity contribution in [3.63, 3.8) is 0 Å². The van der Waals surface area contributed by atoms with Crippen LogP contribution < -0.4 is 0 Å². The van der Waals surface area contributed by atoms with Crippen LogP contribution in [0, 0.1) is 5.92 Å². The van der Waals surface area contributed by atoms with E-state index in [9.17, 15) is 9.59 Å². The van der Waals surface area contributed by atoms with Gasteiger partial charge in [0.05, 0.1) is 17.0 Å². The van der Waals surface area contributed by atoms with Crippen LogP contribution in [0.5, 0.6) is 0 Å². The topological polar surface area (TPSA) is 49.9 Å². The van der Waals surface area contributed by atoms with Crippen LogP contribution in [0.3, 0.4) is 0 Å². The van der Waals surface area contributed by atoms with Crippen molar-refractivity contribution in [3.05, 3.63) is 22.4 Å². The zero-order valence-electron chi connectivity index (χ0n) is 13.9. The van der Waals surface area contributed by atoms with Gasteiger partial charge < -0.3 is 14.5 Å². The fourth-order valence-corrected chi connectivity index (χ4v) is 5.07. The molecule has 2 atom stereocenters. The molecule has 0 unspecified atom stereocenters. The van der Waals surface area contributed by atoms with E-state index in [1.807, 2.05) is 22.4 Å². The van der Waals surface area contributed by atoms with Crippen LogP contribution in [0.2, 0.25) is 0 Å². The van der Waals surface area contributed by atoms with E-state index in [4.69, 9.17) is 4.74 Å². The Labute approximate surface area is 146 Å². The number of likely N-dealkylation sites (tertiary alicyclic amines) is 2. The lowest BCUT2D eigenvalue weighted by molar-refractivity contribution is -0.138. The third-order valence-electron chi connectivity index (χ3n) is 5.67. The van der Waals surface area contributed by atoms with Crippen LogP contribution in [0.4, 0.5) is 0 Å². The largest absolute Gasteiger partial charge is 0.381 e. The van der Waals surface area contributed by atoms with E-state index in [2.05, 4.69) is 4.90 Å². The molecule has 0 N–H and O–H groups in total. The second-order valence-electron chi connectivity index (χ2n) is 7.04. The van der Waals surface area contributed by atoms with Gasteiger partial charge in [0.15, 0.2) is 0 Å². The first kappa shape index (κ1) is 16.1. The molecular weight excluding hydrogens is 324 g/mol. The smallest absolute Gasteiger partial charge is 0.264 e. The van der Waals surface area contributed by atoms with Crippen molar-refractivity contribution in [2.24, 2.45) is 5.92 Å². The van der Waals surface area contributed by atoms with Gasteiger partial charge >= 0.3 is 0 Å². The molecule has 0 bridgehead atoms. The summed E-state index contributed by atoms with van der Waals surface area (Å²) in [5.74, 6) is 0.953. The summed E-state index contributed by atoms with van der Waals surface area (Å²) in [4.78, 5) is 30.2. The second-order valence-corrected chi connectivity index (χ2v) is 7.99. The van der Waals surface area contributed by atoms with Crippen molar-refractivity contribution in [1.29, 1.82) is 0 Å². The number of ether oxygens (including phenoxy) is 1. The van der Waals surface area contributed by atoms with E-state index in [1.165, 1.54) is 11.3 Å². The number of hydrogen-bond acceptors (Lipinski definition) is 4. The lowest BCUT2D eigenvalue weighted by Gasteiger charge is -2.41. The Hall–Kier alpha value is -1.40. The highest BCUT2D eigenvalue weighted by molar-refractivity contribution is 7.12. The Balaban J connectivity index is 1.47. The number of nitrogens with zero attached hydrogens (tertiary/aromatic N) is 2. The first-order valence-corrected chi connectivity index (χ1v) is 9.83. The van der Waals surface area contributed by atoms with E-state index in [0.29, 0.717) is 12.3 Å². The van der Waals surface area contributed by atoms with Crippen molar-refractivity contribution in [1.82, 2.24) is 9.80 Å². The minimum absolute atomic E-state index is 0.137. The van der Waals surface area contributed by atoms with E-state index in [-0.39, 0.29) is 23.9 Å². The molecule has 4 heterocycles. The maximum atomic E-state index is 12.8. The molecule has 0 radical (unpaired) electrons. The number of piperidine rings is 1. The highest BCUT2D eigenvalue weighted by Gasteiger charge is 2.45. The molecule has 3 saturated heterocycles. The molecule has 1 aromatic heterocycles. The maximum absolute atomic E-state index is 12.8. The van der Waals surface area contributed by atoms with Crippen LogP contribution in [-0.2, 0) is 9.53 Å². The molecule has 0 spiro atoms. The zero-order valence-corrected chi connectivity index (χ0v) is 14.7. The lowest BCUT2D eigenvalue weighted by atomic mass is 9.92. The third-order valence-corrected chi connectivity index (χ3v) is 6.53. The standard InChI is InChI=1S/C18H24N2O3S/c21-17-4-3-14-15(20(17)12-13-6-9-23-10-7-13)5-8-19(14)18(22)16-2-1-11-24-16/h1-2,11,13-15H,3-10,12H2/t14-,15-/m1/s1. The minimum Gasteiger partial charge on any atom is -0.381 e. The van der Waals surface area contributed by atoms with Gasteiger partial charge in [0.1, 0.15) is 0 Å². The molecule has 3 aliphatic rings. The molecule has 0 saturated carbocycles. The third kappa shape index (κ3) is 2.97. The molecule has 3 fully saturated rings. The average molecular weight is 348 g/mol. The Kier molecular flexibility index (Phi) is 4.59. The Morgan fingerprint density at radius 2 is 2.04 bits per heavy atom. The Morgan fingerprint density at radius 1 is 1.21 bits per heavy atom. The molecule has 24 heavy (non-hydrogen) atoms. The van der Waals surface area contributed by atoms with Gasteiger partial charge in [-0.2, -0.15) is 0 Å². The van der Waals surface area contributed by atoms with Crippen molar-refractivity contribution in [2.75, 3.05) is 26.3 Å². The van der Waals surface area contributed by atoms with Gasteiger partial charge in [-0.1, -0.05) is 6.07 Å². The molecule has 4 rings (SSSR count). The predicted molar refractivity (Wildman–Crippen MR) is 92.0 cm³/mol. The monoisotopic (exact) mass is 348 g/mol. The number of carbonyl (C=O) groups is 2. The van der Waals surface area contributed by atoms with Crippen molar-refractivity contribution < 1.29 is 14.3 Å². The number of rotatable bonds is 3. The van der Waals surface area contributed by atoms with Gasteiger partial charge in [-0.25, -0.2) is 0 Å². The Morgan fingerprint density at radius 3 is 2.79 bits per heavy atom. The molecule has 0 aliphatic carbocycles. The normalized spacial score (nSPS) is 28.2. The summed E-state index contributed by atoms with van der Waals surface area (Å²) in [5.41, 5.74) is 0. The zero-order chi connectivity index (χ0) is 16.5. The first-order valence-electron chi connectivity index (χ1n) is 8.95. The molecule has 0 aromatic carbocycles. The van der Waals surface area contributed by atoms with Crippen molar-refractivity contribution in [2.45, 2.75) is 44.2 Å². The van der Waals surface area contributed by atoms with Gasteiger partial charge in [-0.3, -0.25) is 9.59 Å². The van der Waals surface area contributed by atoms with E-state index in [0.717, 1.165) is 56.9 Å².